The largest absolute Gasteiger partial charge is 0.495 e. The van der Waals surface area contributed by atoms with Gasteiger partial charge >= 0.3 is 0 Å². The monoisotopic (exact) mass is 324 g/mol. The van der Waals surface area contributed by atoms with Crippen molar-refractivity contribution in [1.82, 2.24) is 0 Å². The van der Waals surface area contributed by atoms with E-state index in [4.69, 9.17) is 10.5 Å². The van der Waals surface area contributed by atoms with Crippen molar-refractivity contribution in [3.8, 4) is 5.75 Å². The minimum absolute atomic E-state index is 0.298. The summed E-state index contributed by atoms with van der Waals surface area (Å²) < 4.78 is 5.31. The molecule has 2 aromatic rings. The number of guanidine groups is 1. The first-order valence-corrected chi connectivity index (χ1v) is 8.23. The maximum absolute atomic E-state index is 6.04. The van der Waals surface area contributed by atoms with Gasteiger partial charge in [0, 0.05) is 18.3 Å². The number of hydrogen-bond acceptors (Lipinski definition) is 3. The number of nitrogens with one attached hydrogen (secondary N) is 1. The SMILES string of the molecule is COc1ccccc1NC(N)=NCC(C)N1CCc2ccccc21. The summed E-state index contributed by atoms with van der Waals surface area (Å²) in [6.45, 7) is 3.86. The van der Waals surface area contributed by atoms with Crippen LogP contribution in [0.5, 0.6) is 5.75 Å². The summed E-state index contributed by atoms with van der Waals surface area (Å²) in [7, 11) is 1.64. The van der Waals surface area contributed by atoms with Crippen LogP contribution in [0.4, 0.5) is 11.4 Å². The number of fused-ring (bicyclic) bond motifs is 1. The molecule has 3 rings (SSSR count). The standard InChI is InChI=1S/C19H24N4O/c1-14(23-12-11-15-7-3-5-9-17(15)23)13-21-19(20)22-16-8-4-6-10-18(16)24-2/h3-10,14H,11-13H2,1-2H3,(H3,20,21,22). The van der Waals surface area contributed by atoms with Crippen LogP contribution < -0.4 is 20.7 Å². The molecular formula is C19H24N4O. The molecule has 5 heteroatoms. The van der Waals surface area contributed by atoms with Gasteiger partial charge in [-0.15, -0.1) is 0 Å². The summed E-state index contributed by atoms with van der Waals surface area (Å²) in [4.78, 5) is 6.90. The summed E-state index contributed by atoms with van der Waals surface area (Å²) in [6.07, 6.45) is 1.10. The van der Waals surface area contributed by atoms with Crippen LogP contribution in [0, 0.1) is 0 Å². The molecule has 0 radical (unpaired) electrons. The first-order valence-electron chi connectivity index (χ1n) is 8.23. The van der Waals surface area contributed by atoms with E-state index in [2.05, 4.69) is 46.4 Å². The summed E-state index contributed by atoms with van der Waals surface area (Å²) in [5.41, 5.74) is 9.58. The van der Waals surface area contributed by atoms with Crippen LogP contribution in [-0.2, 0) is 6.42 Å². The highest BCUT2D eigenvalue weighted by molar-refractivity contribution is 5.93. The molecule has 0 aliphatic carbocycles. The molecule has 0 aromatic heterocycles. The van der Waals surface area contributed by atoms with E-state index in [9.17, 15) is 0 Å². The van der Waals surface area contributed by atoms with Crippen molar-refractivity contribution in [2.24, 2.45) is 10.7 Å². The summed E-state index contributed by atoms with van der Waals surface area (Å²) >= 11 is 0. The van der Waals surface area contributed by atoms with Crippen LogP contribution in [0.2, 0.25) is 0 Å². The lowest BCUT2D eigenvalue weighted by atomic mass is 10.2. The fourth-order valence-corrected chi connectivity index (χ4v) is 3.08. The Bertz CT molecular complexity index is 729. The Labute approximate surface area is 143 Å². The maximum Gasteiger partial charge on any atom is 0.193 e. The van der Waals surface area contributed by atoms with Crippen molar-refractivity contribution >= 4 is 17.3 Å². The average molecular weight is 324 g/mol. The van der Waals surface area contributed by atoms with E-state index in [0.29, 0.717) is 18.5 Å². The molecule has 5 nitrogen and oxygen atoms in total. The van der Waals surface area contributed by atoms with Crippen LogP contribution in [0.1, 0.15) is 12.5 Å². The Hall–Kier alpha value is -2.69. The van der Waals surface area contributed by atoms with Gasteiger partial charge in [-0.25, -0.2) is 0 Å². The predicted octanol–water partition coefficient (Wildman–Crippen LogP) is 2.87. The normalized spacial score (nSPS) is 15.1. The highest BCUT2D eigenvalue weighted by Gasteiger charge is 2.22. The van der Waals surface area contributed by atoms with Gasteiger partial charge in [0.25, 0.3) is 0 Å². The maximum atomic E-state index is 6.04. The quantitative estimate of drug-likeness (QED) is 0.656. The lowest BCUT2D eigenvalue weighted by Gasteiger charge is -2.26. The first kappa shape index (κ1) is 16.2. The zero-order valence-electron chi connectivity index (χ0n) is 14.2. The van der Waals surface area contributed by atoms with E-state index in [0.717, 1.165) is 24.4 Å². The second kappa shape index (κ2) is 7.25. The zero-order valence-corrected chi connectivity index (χ0v) is 14.2. The Morgan fingerprint density at radius 1 is 1.25 bits per heavy atom. The van der Waals surface area contributed by atoms with Gasteiger partial charge in [0.05, 0.1) is 19.3 Å². The van der Waals surface area contributed by atoms with Gasteiger partial charge in [-0.2, -0.15) is 0 Å². The van der Waals surface area contributed by atoms with E-state index >= 15 is 0 Å². The molecule has 24 heavy (non-hydrogen) atoms. The molecule has 0 bridgehead atoms. The molecule has 3 N–H and O–H groups in total. The fourth-order valence-electron chi connectivity index (χ4n) is 3.08. The molecule has 1 heterocycles. The second-order valence-electron chi connectivity index (χ2n) is 5.97. The number of methoxy groups -OCH3 is 1. The third-order valence-electron chi connectivity index (χ3n) is 4.35. The highest BCUT2D eigenvalue weighted by Crippen LogP contribution is 2.29. The van der Waals surface area contributed by atoms with E-state index < -0.39 is 0 Å². The number of para-hydroxylation sites is 3. The van der Waals surface area contributed by atoms with E-state index in [-0.39, 0.29) is 0 Å². The molecule has 0 saturated carbocycles. The lowest BCUT2D eigenvalue weighted by Crippen LogP contribution is -2.35. The minimum Gasteiger partial charge on any atom is -0.495 e. The first-order chi connectivity index (χ1) is 11.7. The molecule has 2 aromatic carbocycles. The van der Waals surface area contributed by atoms with Gasteiger partial charge in [-0.3, -0.25) is 4.99 Å². The fraction of sp³-hybridized carbons (Fsp3) is 0.316. The van der Waals surface area contributed by atoms with Gasteiger partial charge in [-0.1, -0.05) is 30.3 Å². The molecule has 0 fully saturated rings. The third-order valence-corrected chi connectivity index (χ3v) is 4.35. The molecular weight excluding hydrogens is 300 g/mol. The summed E-state index contributed by atoms with van der Waals surface area (Å²) in [6, 6.07) is 16.5. The topological polar surface area (TPSA) is 62.9 Å². The Morgan fingerprint density at radius 2 is 2.00 bits per heavy atom. The summed E-state index contributed by atoms with van der Waals surface area (Å²) in [5, 5.41) is 3.11. The molecule has 1 aliphatic rings. The molecule has 0 spiro atoms. The average Bonchev–Trinajstić information content (AvgIpc) is 3.04. The van der Waals surface area contributed by atoms with Crippen molar-refractivity contribution in [3.63, 3.8) is 0 Å². The van der Waals surface area contributed by atoms with Gasteiger partial charge in [0.1, 0.15) is 5.75 Å². The summed E-state index contributed by atoms with van der Waals surface area (Å²) in [5.74, 6) is 1.15. The molecule has 1 atom stereocenters. The number of ether oxygens (including phenoxy) is 1. The second-order valence-corrected chi connectivity index (χ2v) is 5.97. The number of benzene rings is 2. The van der Waals surface area contributed by atoms with Crippen LogP contribution in [0.3, 0.4) is 0 Å². The molecule has 1 unspecified atom stereocenters. The van der Waals surface area contributed by atoms with Gasteiger partial charge in [-0.05, 0) is 37.1 Å². The Morgan fingerprint density at radius 3 is 2.83 bits per heavy atom. The minimum atomic E-state index is 0.298. The van der Waals surface area contributed by atoms with Gasteiger partial charge in [0.2, 0.25) is 0 Å². The van der Waals surface area contributed by atoms with Crippen molar-refractivity contribution < 1.29 is 4.74 Å². The number of nitrogens with zero attached hydrogens (tertiary/aromatic N) is 2. The highest BCUT2D eigenvalue weighted by atomic mass is 16.5. The van der Waals surface area contributed by atoms with Crippen LogP contribution in [0.25, 0.3) is 0 Å². The third kappa shape index (κ3) is 3.45. The molecule has 0 saturated heterocycles. The van der Waals surface area contributed by atoms with Crippen LogP contribution in [-0.4, -0.2) is 32.2 Å². The number of anilines is 2. The number of aliphatic imine (C=N–C) groups is 1. The molecule has 0 amide bonds. The van der Waals surface area contributed by atoms with Crippen molar-refractivity contribution in [1.29, 1.82) is 0 Å². The Kier molecular flexibility index (Phi) is 4.89. The van der Waals surface area contributed by atoms with Crippen molar-refractivity contribution in [3.05, 3.63) is 54.1 Å². The number of hydrogen-bond donors (Lipinski definition) is 2. The molecule has 126 valence electrons. The van der Waals surface area contributed by atoms with Crippen LogP contribution in [0.15, 0.2) is 53.5 Å². The van der Waals surface area contributed by atoms with Gasteiger partial charge in [0.15, 0.2) is 5.96 Å². The van der Waals surface area contributed by atoms with Crippen molar-refractivity contribution in [2.75, 3.05) is 30.4 Å². The van der Waals surface area contributed by atoms with Crippen LogP contribution >= 0.6 is 0 Å². The predicted molar refractivity (Wildman–Crippen MR) is 100 cm³/mol. The van der Waals surface area contributed by atoms with Gasteiger partial charge < -0.3 is 20.7 Å². The smallest absolute Gasteiger partial charge is 0.193 e. The van der Waals surface area contributed by atoms with E-state index in [1.807, 2.05) is 24.3 Å². The number of rotatable bonds is 5. The Balaban J connectivity index is 1.63. The molecule has 1 aliphatic heterocycles. The van der Waals surface area contributed by atoms with E-state index in [1.54, 1.807) is 7.11 Å². The van der Waals surface area contributed by atoms with E-state index in [1.165, 1.54) is 11.3 Å². The van der Waals surface area contributed by atoms with Crippen molar-refractivity contribution in [2.45, 2.75) is 19.4 Å². The lowest BCUT2D eigenvalue weighted by molar-refractivity contribution is 0.417. The zero-order chi connectivity index (χ0) is 16.9. The number of nitrogens with two attached hydrogens (primary N) is 1.